The third-order valence-electron chi connectivity index (χ3n) is 10.0. The molecule has 1 aromatic heterocycles. The summed E-state index contributed by atoms with van der Waals surface area (Å²) in [6, 6.07) is 47.0. The first-order valence-electron chi connectivity index (χ1n) is 17.2. The molecule has 0 amide bonds. The van der Waals surface area contributed by atoms with Crippen molar-refractivity contribution in [3.05, 3.63) is 167 Å². The average Bonchev–Trinajstić information content (AvgIpc) is 3.18. The summed E-state index contributed by atoms with van der Waals surface area (Å²) in [7, 11) is 0. The second kappa shape index (κ2) is 12.3. The zero-order chi connectivity index (χ0) is 32.7. The third kappa shape index (κ3) is 5.28. The third-order valence-corrected chi connectivity index (χ3v) is 10.0. The first-order chi connectivity index (χ1) is 24.2. The van der Waals surface area contributed by atoms with Gasteiger partial charge in [-0.2, -0.15) is 0 Å². The number of nitrogens with zero attached hydrogens (tertiary/aromatic N) is 3. The summed E-state index contributed by atoms with van der Waals surface area (Å²) in [5, 5.41) is 5.57. The van der Waals surface area contributed by atoms with Crippen molar-refractivity contribution in [2.75, 3.05) is 0 Å². The van der Waals surface area contributed by atoms with E-state index < -0.39 is 0 Å². The van der Waals surface area contributed by atoms with Crippen molar-refractivity contribution < 1.29 is 0 Å². The molecular formula is C46H35N3. The van der Waals surface area contributed by atoms with Gasteiger partial charge in [-0.25, -0.2) is 15.0 Å². The van der Waals surface area contributed by atoms with Crippen LogP contribution in [0.1, 0.15) is 48.8 Å². The maximum absolute atomic E-state index is 4.99. The molecular weight excluding hydrogens is 595 g/mol. The van der Waals surface area contributed by atoms with Crippen molar-refractivity contribution in [1.29, 1.82) is 0 Å². The number of rotatable bonds is 5. The van der Waals surface area contributed by atoms with E-state index in [0.29, 0.717) is 23.4 Å². The van der Waals surface area contributed by atoms with Gasteiger partial charge >= 0.3 is 0 Å². The largest absolute Gasteiger partial charge is 0.208 e. The van der Waals surface area contributed by atoms with Crippen LogP contribution in [0, 0.1) is 0 Å². The van der Waals surface area contributed by atoms with Gasteiger partial charge < -0.3 is 0 Å². The van der Waals surface area contributed by atoms with Gasteiger partial charge in [0.2, 0.25) is 0 Å². The molecule has 234 valence electrons. The molecule has 49 heavy (non-hydrogen) atoms. The molecule has 3 nitrogen and oxygen atoms in total. The van der Waals surface area contributed by atoms with Gasteiger partial charge in [-0.05, 0) is 91.9 Å². The van der Waals surface area contributed by atoms with Crippen LogP contribution in [0.15, 0.2) is 140 Å². The van der Waals surface area contributed by atoms with Gasteiger partial charge in [0.05, 0.1) is 0 Å². The Labute approximate surface area is 286 Å². The molecule has 7 aromatic rings. The van der Waals surface area contributed by atoms with E-state index in [1.54, 1.807) is 0 Å². The number of hydrogen-bond acceptors (Lipinski definition) is 3. The van der Waals surface area contributed by atoms with Gasteiger partial charge in [-0.15, -0.1) is 0 Å². The molecule has 0 radical (unpaired) electrons. The lowest BCUT2D eigenvalue weighted by atomic mass is 9.79. The monoisotopic (exact) mass is 629 g/mol. The van der Waals surface area contributed by atoms with Crippen LogP contribution in [0.2, 0.25) is 0 Å². The highest BCUT2D eigenvalue weighted by atomic mass is 15.0. The Hall–Kier alpha value is -5.93. The SMILES string of the molecule is CC1CC=Cc2c1c1c(c3ccccc23)=C(c2cccc(-c3cccc(-c4nc(-c5ccccc5)nc(-c5ccccc5)n4)c3)c2)CCC=1. The van der Waals surface area contributed by atoms with Crippen molar-refractivity contribution >= 4 is 28.5 Å². The molecule has 0 fully saturated rings. The molecule has 0 aliphatic heterocycles. The number of benzene rings is 6. The van der Waals surface area contributed by atoms with E-state index in [1.165, 1.54) is 49.0 Å². The van der Waals surface area contributed by atoms with Gasteiger partial charge in [-0.1, -0.05) is 146 Å². The Morgan fingerprint density at radius 3 is 1.73 bits per heavy atom. The van der Waals surface area contributed by atoms with Crippen LogP contribution >= 0.6 is 0 Å². The Morgan fingerprint density at radius 1 is 0.531 bits per heavy atom. The minimum absolute atomic E-state index is 0.503. The van der Waals surface area contributed by atoms with E-state index in [9.17, 15) is 0 Å². The normalized spacial score (nSPS) is 15.0. The van der Waals surface area contributed by atoms with E-state index in [0.717, 1.165) is 41.5 Å². The average molecular weight is 630 g/mol. The summed E-state index contributed by atoms with van der Waals surface area (Å²) in [5.74, 6) is 2.50. The maximum Gasteiger partial charge on any atom is 0.164 e. The first-order valence-corrected chi connectivity index (χ1v) is 17.2. The van der Waals surface area contributed by atoms with Gasteiger partial charge in [-0.3, -0.25) is 0 Å². The van der Waals surface area contributed by atoms with E-state index in [4.69, 9.17) is 15.0 Å². The highest BCUT2D eigenvalue weighted by Crippen LogP contribution is 2.34. The van der Waals surface area contributed by atoms with Crippen molar-refractivity contribution in [3.63, 3.8) is 0 Å². The van der Waals surface area contributed by atoms with E-state index in [2.05, 4.69) is 97.9 Å². The summed E-state index contributed by atoms with van der Waals surface area (Å²) in [4.78, 5) is 14.9. The second-order valence-corrected chi connectivity index (χ2v) is 13.1. The van der Waals surface area contributed by atoms with Crippen LogP contribution in [0.4, 0.5) is 0 Å². The molecule has 2 aliphatic carbocycles. The fourth-order valence-corrected chi connectivity index (χ4v) is 7.70. The predicted molar refractivity (Wildman–Crippen MR) is 203 cm³/mol. The predicted octanol–water partition coefficient (Wildman–Crippen LogP) is 9.99. The van der Waals surface area contributed by atoms with Gasteiger partial charge in [0.25, 0.3) is 0 Å². The van der Waals surface area contributed by atoms with Crippen LogP contribution < -0.4 is 10.4 Å². The molecule has 1 heterocycles. The van der Waals surface area contributed by atoms with Crippen LogP contribution in [0.5, 0.6) is 0 Å². The lowest BCUT2D eigenvalue weighted by molar-refractivity contribution is 0.765. The first kappa shape index (κ1) is 29.2. The van der Waals surface area contributed by atoms with E-state index >= 15 is 0 Å². The number of allylic oxidation sites excluding steroid dienone is 1. The molecule has 6 aromatic carbocycles. The van der Waals surface area contributed by atoms with Crippen molar-refractivity contribution in [2.45, 2.75) is 32.1 Å². The molecule has 0 bridgehead atoms. The van der Waals surface area contributed by atoms with E-state index in [-0.39, 0.29) is 0 Å². The number of hydrogen-bond donors (Lipinski definition) is 0. The quantitative estimate of drug-likeness (QED) is 0.190. The molecule has 3 heteroatoms. The smallest absolute Gasteiger partial charge is 0.164 e. The molecule has 2 aliphatic rings. The second-order valence-electron chi connectivity index (χ2n) is 13.1. The molecule has 1 unspecified atom stereocenters. The summed E-state index contributed by atoms with van der Waals surface area (Å²) >= 11 is 0. The highest BCUT2D eigenvalue weighted by molar-refractivity contribution is 5.96. The van der Waals surface area contributed by atoms with Crippen LogP contribution in [0.25, 0.3) is 73.8 Å². The topological polar surface area (TPSA) is 38.7 Å². The van der Waals surface area contributed by atoms with Crippen LogP contribution in [-0.2, 0) is 0 Å². The van der Waals surface area contributed by atoms with Crippen molar-refractivity contribution in [3.8, 4) is 45.3 Å². The van der Waals surface area contributed by atoms with Gasteiger partial charge in [0.1, 0.15) is 0 Å². The fourth-order valence-electron chi connectivity index (χ4n) is 7.70. The summed E-state index contributed by atoms with van der Waals surface area (Å²) in [5.41, 5.74) is 10.9. The fraction of sp³-hybridized carbons (Fsp3) is 0.109. The van der Waals surface area contributed by atoms with E-state index in [1.807, 2.05) is 60.7 Å². The Kier molecular flexibility index (Phi) is 7.31. The molecule has 0 saturated heterocycles. The summed E-state index contributed by atoms with van der Waals surface area (Å²) in [6.07, 6.45) is 10.4. The zero-order valence-electron chi connectivity index (χ0n) is 27.5. The minimum Gasteiger partial charge on any atom is -0.208 e. The van der Waals surface area contributed by atoms with Crippen molar-refractivity contribution in [2.24, 2.45) is 0 Å². The van der Waals surface area contributed by atoms with Crippen molar-refractivity contribution in [1.82, 2.24) is 15.0 Å². The maximum atomic E-state index is 4.99. The Bertz CT molecular complexity index is 2470. The Balaban J connectivity index is 1.18. The summed E-state index contributed by atoms with van der Waals surface area (Å²) in [6.45, 7) is 2.38. The lowest BCUT2D eigenvalue weighted by Gasteiger charge is -2.24. The summed E-state index contributed by atoms with van der Waals surface area (Å²) < 4.78 is 0. The van der Waals surface area contributed by atoms with Crippen LogP contribution in [-0.4, -0.2) is 15.0 Å². The van der Waals surface area contributed by atoms with Gasteiger partial charge in [0.15, 0.2) is 17.5 Å². The molecule has 1 atom stereocenters. The van der Waals surface area contributed by atoms with Gasteiger partial charge in [0, 0.05) is 16.7 Å². The zero-order valence-corrected chi connectivity index (χ0v) is 27.5. The molecule has 0 N–H and O–H groups in total. The highest BCUT2D eigenvalue weighted by Gasteiger charge is 2.21. The lowest BCUT2D eigenvalue weighted by Crippen LogP contribution is -2.36. The number of fused-ring (bicyclic) bond motifs is 6. The van der Waals surface area contributed by atoms with Crippen LogP contribution in [0.3, 0.4) is 0 Å². The molecule has 0 spiro atoms. The number of aromatic nitrogens is 3. The minimum atomic E-state index is 0.503. The molecule has 0 saturated carbocycles. The Morgan fingerprint density at radius 2 is 1.06 bits per heavy atom. The standard InChI is InChI=1S/C46H35N3/c1-30-14-10-26-39-38-23-8-9-24-40(38)43-37(25-13-27-41(43)42(30)39)35-21-11-19-33(28-35)34-20-12-22-36(29-34)46-48-44(31-15-4-2-5-16-31)47-45(49-46)32-17-6-3-7-18-32/h2-12,15-24,26-30H,13-14,25H2,1H3. The molecule has 9 rings (SSSR count).